The molecule has 0 saturated carbocycles. The molecule has 1 aromatic carbocycles. The number of carbonyl (C=O) groups excluding carboxylic acids is 2. The molecule has 0 atom stereocenters. The fourth-order valence-corrected chi connectivity index (χ4v) is 0.683. The summed E-state index contributed by atoms with van der Waals surface area (Å²) in [5, 5.41) is 9.49. The molecule has 0 fully saturated rings. The number of carboxylic acid groups (broad SMARTS) is 1. The van der Waals surface area contributed by atoms with Crippen LogP contribution in [0.5, 0.6) is 5.75 Å². The van der Waals surface area contributed by atoms with E-state index in [1.165, 1.54) is 6.92 Å². The van der Waals surface area contributed by atoms with Gasteiger partial charge in [0.25, 0.3) is 0 Å². The van der Waals surface area contributed by atoms with Gasteiger partial charge in [0.2, 0.25) is 0 Å². The van der Waals surface area contributed by atoms with Crippen LogP contribution in [0.15, 0.2) is 54.6 Å². The average molecular weight is 247 g/mol. The third-order valence-electron chi connectivity index (χ3n) is 1.65. The highest BCUT2D eigenvalue weighted by atomic mass is 16.5. The second-order valence-corrected chi connectivity index (χ2v) is 3.55. The Labute approximate surface area is 106 Å². The average Bonchev–Trinajstić information content (AvgIpc) is 2.30. The maximum absolute atomic E-state index is 11.0. The highest BCUT2D eigenvalue weighted by molar-refractivity contribution is 5.88. The van der Waals surface area contributed by atoms with Crippen molar-refractivity contribution in [1.82, 2.24) is 0 Å². The van der Waals surface area contributed by atoms with Crippen LogP contribution in [0.2, 0.25) is 0 Å². The van der Waals surface area contributed by atoms with Crippen molar-refractivity contribution in [3.8, 4) is 5.75 Å². The maximum Gasteiger partial charge on any atom is 0.338 e. The molecule has 0 aliphatic carbocycles. The molecule has 0 amide bonds. The van der Waals surface area contributed by atoms with E-state index in [0.29, 0.717) is 11.3 Å². The first kappa shape index (κ1) is 15.6. The number of carboxylic acids is 1. The molecule has 0 radical (unpaired) electrons. The molecule has 0 spiro atoms. The number of esters is 1. The topological polar surface area (TPSA) is 66.4 Å². The standard InChI is InChI=1S/C10H10O2.C4H6O2/c1-8(2)10(11)12-9-6-4-3-5-7-9;1-3(2)4(5)6/h3-7H,1H2,2H3;1H2,2H3,(H,5,6)/p-1. The molecule has 18 heavy (non-hydrogen) atoms. The van der Waals surface area contributed by atoms with Gasteiger partial charge in [0, 0.05) is 5.57 Å². The summed E-state index contributed by atoms with van der Waals surface area (Å²) >= 11 is 0. The van der Waals surface area contributed by atoms with E-state index in [1.807, 2.05) is 6.07 Å². The van der Waals surface area contributed by atoms with Crippen LogP contribution in [-0.4, -0.2) is 11.9 Å². The highest BCUT2D eigenvalue weighted by Crippen LogP contribution is 2.09. The SMILES string of the molecule is C=C(C)C(=O)Oc1ccccc1.C=C(C)C(=O)[O-]. The van der Waals surface area contributed by atoms with Gasteiger partial charge in [0.15, 0.2) is 0 Å². The van der Waals surface area contributed by atoms with Gasteiger partial charge in [-0.2, -0.15) is 0 Å². The molecule has 0 heterocycles. The van der Waals surface area contributed by atoms with Gasteiger partial charge >= 0.3 is 5.97 Å². The summed E-state index contributed by atoms with van der Waals surface area (Å²) in [4.78, 5) is 20.5. The summed E-state index contributed by atoms with van der Waals surface area (Å²) in [7, 11) is 0. The van der Waals surface area contributed by atoms with E-state index in [0.717, 1.165) is 0 Å². The van der Waals surface area contributed by atoms with Crippen LogP contribution in [0, 0.1) is 0 Å². The van der Waals surface area contributed by atoms with E-state index in [2.05, 4.69) is 13.2 Å². The quantitative estimate of drug-likeness (QED) is 0.461. The maximum atomic E-state index is 11.0. The Kier molecular flexibility index (Phi) is 6.81. The van der Waals surface area contributed by atoms with Gasteiger partial charge in [-0.25, -0.2) is 4.79 Å². The number of benzene rings is 1. The molecular formula is C14H15O4-. The molecular weight excluding hydrogens is 232 g/mol. The van der Waals surface area contributed by atoms with E-state index < -0.39 is 5.97 Å². The third-order valence-corrected chi connectivity index (χ3v) is 1.65. The number of rotatable bonds is 3. The van der Waals surface area contributed by atoms with Gasteiger partial charge in [-0.3, -0.25) is 0 Å². The first-order chi connectivity index (χ1) is 8.34. The predicted molar refractivity (Wildman–Crippen MR) is 66.7 cm³/mol. The lowest BCUT2D eigenvalue weighted by molar-refractivity contribution is -0.299. The summed E-state index contributed by atoms with van der Waals surface area (Å²) < 4.78 is 4.94. The molecule has 0 unspecified atom stereocenters. The summed E-state index contributed by atoms with van der Waals surface area (Å²) in [5.41, 5.74) is 0.467. The minimum atomic E-state index is -1.19. The summed E-state index contributed by atoms with van der Waals surface area (Å²) in [6.45, 7) is 9.57. The number of para-hydroxylation sites is 1. The summed E-state index contributed by atoms with van der Waals surface area (Å²) in [6, 6.07) is 8.92. The molecule has 0 aliphatic heterocycles. The first-order valence-electron chi connectivity index (χ1n) is 5.14. The molecule has 1 aromatic rings. The van der Waals surface area contributed by atoms with E-state index in [1.54, 1.807) is 31.2 Å². The minimum absolute atomic E-state index is 0.0648. The Hall–Kier alpha value is -2.36. The lowest BCUT2D eigenvalue weighted by Gasteiger charge is -2.01. The van der Waals surface area contributed by atoms with Crippen molar-refractivity contribution < 1.29 is 19.4 Å². The second-order valence-electron chi connectivity index (χ2n) is 3.55. The molecule has 0 bridgehead atoms. The zero-order valence-corrected chi connectivity index (χ0v) is 10.4. The van der Waals surface area contributed by atoms with Crippen LogP contribution in [0.4, 0.5) is 0 Å². The van der Waals surface area contributed by atoms with E-state index >= 15 is 0 Å². The van der Waals surface area contributed by atoms with Crippen LogP contribution >= 0.6 is 0 Å². The Morgan fingerprint density at radius 3 is 1.83 bits per heavy atom. The van der Waals surface area contributed by atoms with Gasteiger partial charge in [-0.15, -0.1) is 0 Å². The largest absolute Gasteiger partial charge is 0.545 e. The van der Waals surface area contributed by atoms with Crippen molar-refractivity contribution in [2.45, 2.75) is 13.8 Å². The zero-order chi connectivity index (χ0) is 14.1. The van der Waals surface area contributed by atoms with Crippen molar-refractivity contribution in [3.05, 3.63) is 54.6 Å². The minimum Gasteiger partial charge on any atom is -0.545 e. The Morgan fingerprint density at radius 1 is 1.06 bits per heavy atom. The van der Waals surface area contributed by atoms with Crippen LogP contribution in [-0.2, 0) is 9.59 Å². The summed E-state index contributed by atoms with van der Waals surface area (Å²) in [5.74, 6) is -1.03. The lowest BCUT2D eigenvalue weighted by atomic mass is 10.3. The molecule has 1 rings (SSSR count). The lowest BCUT2D eigenvalue weighted by Crippen LogP contribution is -2.22. The van der Waals surface area contributed by atoms with Gasteiger partial charge in [-0.1, -0.05) is 31.4 Å². The number of hydrogen-bond donors (Lipinski definition) is 0. The highest BCUT2D eigenvalue weighted by Gasteiger charge is 2.03. The Bertz CT molecular complexity index is 434. The van der Waals surface area contributed by atoms with Gasteiger partial charge in [0.05, 0.1) is 5.97 Å². The second kappa shape index (κ2) is 7.84. The van der Waals surface area contributed by atoms with Crippen LogP contribution in [0.25, 0.3) is 0 Å². The van der Waals surface area contributed by atoms with Gasteiger partial charge in [0.1, 0.15) is 5.75 Å². The van der Waals surface area contributed by atoms with Crippen molar-refractivity contribution in [2.75, 3.05) is 0 Å². The van der Waals surface area contributed by atoms with Gasteiger partial charge in [-0.05, 0) is 31.6 Å². The predicted octanol–water partition coefficient (Wildman–Crippen LogP) is 1.48. The van der Waals surface area contributed by atoms with E-state index in [-0.39, 0.29) is 11.5 Å². The van der Waals surface area contributed by atoms with Crippen molar-refractivity contribution in [3.63, 3.8) is 0 Å². The Balaban J connectivity index is 0.000000411. The molecule has 0 N–H and O–H groups in total. The molecule has 0 saturated heterocycles. The molecule has 0 aliphatic rings. The number of ether oxygens (including phenoxy) is 1. The molecule has 4 heteroatoms. The fourth-order valence-electron chi connectivity index (χ4n) is 0.683. The summed E-state index contributed by atoms with van der Waals surface area (Å²) in [6.07, 6.45) is 0. The van der Waals surface area contributed by atoms with Crippen LogP contribution in [0.1, 0.15) is 13.8 Å². The molecule has 4 nitrogen and oxygen atoms in total. The third kappa shape index (κ3) is 7.00. The zero-order valence-electron chi connectivity index (χ0n) is 10.4. The van der Waals surface area contributed by atoms with Crippen LogP contribution < -0.4 is 9.84 Å². The molecule has 96 valence electrons. The molecule has 0 aromatic heterocycles. The number of carbonyl (C=O) groups is 2. The first-order valence-corrected chi connectivity index (χ1v) is 5.14. The van der Waals surface area contributed by atoms with E-state index in [4.69, 9.17) is 4.74 Å². The van der Waals surface area contributed by atoms with Gasteiger partial charge < -0.3 is 14.6 Å². The Morgan fingerprint density at radius 2 is 1.50 bits per heavy atom. The normalized spacial score (nSPS) is 8.56. The van der Waals surface area contributed by atoms with Crippen LogP contribution in [0.3, 0.4) is 0 Å². The number of hydrogen-bond acceptors (Lipinski definition) is 4. The van der Waals surface area contributed by atoms with Crippen molar-refractivity contribution in [1.29, 1.82) is 0 Å². The smallest absolute Gasteiger partial charge is 0.338 e. The number of aliphatic carboxylic acids is 1. The van der Waals surface area contributed by atoms with Crippen molar-refractivity contribution in [2.24, 2.45) is 0 Å². The van der Waals surface area contributed by atoms with Crippen molar-refractivity contribution >= 4 is 11.9 Å². The monoisotopic (exact) mass is 247 g/mol. The van der Waals surface area contributed by atoms with E-state index in [9.17, 15) is 14.7 Å². The fraction of sp³-hybridized carbons (Fsp3) is 0.143.